The molecule has 1 fully saturated rings. The molecule has 1 aromatic carbocycles. The van der Waals surface area contributed by atoms with Crippen LogP contribution in [0.4, 0.5) is 4.39 Å². The molecule has 1 aliphatic heterocycles. The molecule has 1 heterocycles. The third-order valence-corrected chi connectivity index (χ3v) is 7.00. The van der Waals surface area contributed by atoms with Crippen molar-refractivity contribution in [3.05, 3.63) is 30.1 Å². The highest BCUT2D eigenvalue weighted by atomic mass is 32.2. The van der Waals surface area contributed by atoms with E-state index in [-0.39, 0.29) is 22.8 Å². The number of nitrogens with zero attached hydrogens (tertiary/aromatic N) is 1. The Morgan fingerprint density at radius 1 is 1.15 bits per heavy atom. The van der Waals surface area contributed by atoms with Crippen LogP contribution in [0.1, 0.15) is 52.9 Å². The first kappa shape index (κ1) is 21.8. The van der Waals surface area contributed by atoms with Gasteiger partial charge >= 0.3 is 0 Å². The summed E-state index contributed by atoms with van der Waals surface area (Å²) in [5.41, 5.74) is 0. The number of nitrogens with one attached hydrogen (secondary N) is 1. The molecule has 1 N–H and O–H groups in total. The minimum atomic E-state index is -3.64. The molecule has 0 radical (unpaired) electrons. The van der Waals surface area contributed by atoms with Crippen molar-refractivity contribution in [2.45, 2.75) is 63.8 Å². The van der Waals surface area contributed by atoms with Crippen LogP contribution in [-0.4, -0.2) is 37.8 Å². The van der Waals surface area contributed by atoms with Gasteiger partial charge in [-0.2, -0.15) is 4.31 Å². The lowest BCUT2D eigenvalue weighted by atomic mass is 9.96. The Morgan fingerprint density at radius 2 is 1.74 bits per heavy atom. The number of sulfonamides is 1. The Balaban J connectivity index is 1.83. The van der Waals surface area contributed by atoms with Crippen molar-refractivity contribution in [2.75, 3.05) is 13.1 Å². The van der Waals surface area contributed by atoms with Gasteiger partial charge in [-0.05, 0) is 56.4 Å². The van der Waals surface area contributed by atoms with Crippen LogP contribution in [0.15, 0.2) is 29.2 Å². The average molecular weight is 399 g/mol. The second kappa shape index (κ2) is 9.64. The minimum Gasteiger partial charge on any atom is -0.353 e. The third kappa shape index (κ3) is 6.28. The zero-order valence-corrected chi connectivity index (χ0v) is 17.3. The van der Waals surface area contributed by atoms with E-state index in [1.54, 1.807) is 0 Å². The van der Waals surface area contributed by atoms with Crippen LogP contribution in [-0.2, 0) is 14.8 Å². The normalized spacial score (nSPS) is 17.8. The number of carbonyl (C=O) groups excluding carboxylic acids is 1. The molecule has 7 heteroatoms. The molecule has 0 bridgehead atoms. The van der Waals surface area contributed by atoms with E-state index in [1.807, 2.05) is 6.92 Å². The van der Waals surface area contributed by atoms with Crippen molar-refractivity contribution in [1.82, 2.24) is 9.62 Å². The van der Waals surface area contributed by atoms with Crippen molar-refractivity contribution in [3.63, 3.8) is 0 Å². The molecule has 0 aromatic heterocycles. The van der Waals surface area contributed by atoms with Crippen LogP contribution in [0, 0.1) is 17.7 Å². The van der Waals surface area contributed by atoms with Gasteiger partial charge in [0.1, 0.15) is 5.82 Å². The number of hydrogen-bond donors (Lipinski definition) is 1. The second-order valence-corrected chi connectivity index (χ2v) is 9.80. The zero-order chi connectivity index (χ0) is 20.0. The maximum atomic E-state index is 13.0. The van der Waals surface area contributed by atoms with Gasteiger partial charge in [0.25, 0.3) is 0 Å². The fraction of sp³-hybridized carbons (Fsp3) is 0.650. The summed E-state index contributed by atoms with van der Waals surface area (Å²) in [4.78, 5) is 12.5. The number of halogens is 1. The molecule has 5 nitrogen and oxygen atoms in total. The van der Waals surface area contributed by atoms with Crippen LogP contribution < -0.4 is 5.32 Å². The molecule has 1 aromatic rings. The van der Waals surface area contributed by atoms with Crippen molar-refractivity contribution in [1.29, 1.82) is 0 Å². The summed E-state index contributed by atoms with van der Waals surface area (Å²) in [5, 5.41) is 3.07. The molecule has 152 valence electrons. The average Bonchev–Trinajstić information content (AvgIpc) is 2.61. The quantitative estimate of drug-likeness (QED) is 0.728. The largest absolute Gasteiger partial charge is 0.353 e. The van der Waals surface area contributed by atoms with E-state index in [9.17, 15) is 17.6 Å². The number of carbonyl (C=O) groups is 1. The van der Waals surface area contributed by atoms with E-state index < -0.39 is 15.8 Å². The number of benzene rings is 1. The summed E-state index contributed by atoms with van der Waals surface area (Å²) in [5.74, 6) is 0.0650. The maximum absolute atomic E-state index is 13.0. The minimum absolute atomic E-state index is 0.0193. The highest BCUT2D eigenvalue weighted by Gasteiger charge is 2.32. The van der Waals surface area contributed by atoms with E-state index >= 15 is 0 Å². The zero-order valence-electron chi connectivity index (χ0n) is 16.4. The Bertz CT molecular complexity index is 711. The van der Waals surface area contributed by atoms with Crippen LogP contribution in [0.5, 0.6) is 0 Å². The Kier molecular flexibility index (Phi) is 7.79. The van der Waals surface area contributed by atoms with Gasteiger partial charge in [0, 0.05) is 25.0 Å². The van der Waals surface area contributed by atoms with Gasteiger partial charge in [0.15, 0.2) is 0 Å². The molecule has 0 saturated carbocycles. The molecule has 0 unspecified atom stereocenters. The van der Waals surface area contributed by atoms with Crippen molar-refractivity contribution in [2.24, 2.45) is 11.8 Å². The molecule has 1 atom stereocenters. The highest BCUT2D eigenvalue weighted by Crippen LogP contribution is 2.24. The van der Waals surface area contributed by atoms with E-state index in [4.69, 9.17) is 0 Å². The monoisotopic (exact) mass is 398 g/mol. The van der Waals surface area contributed by atoms with Crippen molar-refractivity contribution >= 4 is 15.9 Å². The van der Waals surface area contributed by atoms with Gasteiger partial charge < -0.3 is 5.32 Å². The SMILES string of the molecule is CC(C)CCC[C@H](C)NC(=O)C1CCN(S(=O)(=O)c2ccc(F)cc2)CC1. The Labute approximate surface area is 162 Å². The molecule has 0 spiro atoms. The molecule has 1 aliphatic rings. The summed E-state index contributed by atoms with van der Waals surface area (Å²) in [6.07, 6.45) is 4.21. The van der Waals surface area contributed by atoms with Gasteiger partial charge in [0.2, 0.25) is 15.9 Å². The highest BCUT2D eigenvalue weighted by molar-refractivity contribution is 7.89. The van der Waals surface area contributed by atoms with Gasteiger partial charge in [-0.25, -0.2) is 12.8 Å². The Morgan fingerprint density at radius 3 is 2.30 bits per heavy atom. The third-order valence-electron chi connectivity index (χ3n) is 5.08. The standard InChI is InChI=1S/C20H31FN2O3S/c1-15(2)5-4-6-16(3)22-20(24)17-11-13-23(14-12-17)27(25,26)19-9-7-18(21)8-10-19/h7-10,15-17H,4-6,11-14H2,1-3H3,(H,22,24)/t16-/m0/s1. The van der Waals surface area contributed by atoms with Crippen molar-refractivity contribution < 1.29 is 17.6 Å². The van der Waals surface area contributed by atoms with Gasteiger partial charge in [0.05, 0.1) is 4.90 Å². The van der Waals surface area contributed by atoms with Gasteiger partial charge in [-0.15, -0.1) is 0 Å². The first-order chi connectivity index (χ1) is 12.7. The van der Waals surface area contributed by atoms with Gasteiger partial charge in [-0.1, -0.05) is 26.7 Å². The number of hydrogen-bond acceptors (Lipinski definition) is 3. The first-order valence-corrected chi connectivity index (χ1v) is 11.2. The Hall–Kier alpha value is -1.47. The fourth-order valence-corrected chi connectivity index (χ4v) is 4.85. The summed E-state index contributed by atoms with van der Waals surface area (Å²) < 4.78 is 39.7. The van der Waals surface area contributed by atoms with Crippen LogP contribution in [0.2, 0.25) is 0 Å². The van der Waals surface area contributed by atoms with Crippen LogP contribution >= 0.6 is 0 Å². The summed E-state index contributed by atoms with van der Waals surface area (Å²) >= 11 is 0. The summed E-state index contributed by atoms with van der Waals surface area (Å²) in [6, 6.07) is 4.99. The second-order valence-electron chi connectivity index (χ2n) is 7.87. The first-order valence-electron chi connectivity index (χ1n) is 9.76. The molecule has 1 amide bonds. The van der Waals surface area contributed by atoms with Gasteiger partial charge in [-0.3, -0.25) is 4.79 Å². The molecule has 0 aliphatic carbocycles. The predicted octanol–water partition coefficient (Wildman–Crippen LogP) is 3.56. The maximum Gasteiger partial charge on any atom is 0.243 e. The summed E-state index contributed by atoms with van der Waals surface area (Å²) in [6.45, 7) is 7.01. The number of amides is 1. The number of rotatable bonds is 8. The van der Waals surface area contributed by atoms with Crippen molar-refractivity contribution in [3.8, 4) is 0 Å². The molecule has 1 saturated heterocycles. The number of piperidine rings is 1. The summed E-state index contributed by atoms with van der Waals surface area (Å²) in [7, 11) is -3.64. The molecule has 27 heavy (non-hydrogen) atoms. The lowest BCUT2D eigenvalue weighted by molar-refractivity contribution is -0.126. The van der Waals surface area contributed by atoms with E-state index in [2.05, 4.69) is 19.2 Å². The van der Waals surface area contributed by atoms with E-state index in [0.29, 0.717) is 31.8 Å². The topological polar surface area (TPSA) is 66.5 Å². The smallest absolute Gasteiger partial charge is 0.243 e. The van der Waals surface area contributed by atoms with E-state index in [1.165, 1.54) is 16.4 Å². The van der Waals surface area contributed by atoms with Crippen LogP contribution in [0.25, 0.3) is 0 Å². The molecular weight excluding hydrogens is 367 g/mol. The fourth-order valence-electron chi connectivity index (χ4n) is 3.38. The van der Waals surface area contributed by atoms with E-state index in [0.717, 1.165) is 31.4 Å². The van der Waals surface area contributed by atoms with Crippen LogP contribution in [0.3, 0.4) is 0 Å². The molecular formula is C20H31FN2O3S. The predicted molar refractivity (Wildman–Crippen MR) is 104 cm³/mol. The lowest BCUT2D eigenvalue weighted by Gasteiger charge is -2.31. The molecule has 2 rings (SSSR count). The lowest BCUT2D eigenvalue weighted by Crippen LogP contribution is -2.44.